The number of thiazole rings is 1. The molecule has 3 amide bonds. The number of aryl methyl sites for hydroxylation is 1. The summed E-state index contributed by atoms with van der Waals surface area (Å²) in [6, 6.07) is 1.95. The minimum Gasteiger partial charge on any atom is -0.345 e. The molecule has 3 heterocycles. The largest absolute Gasteiger partial charge is 0.345 e. The monoisotopic (exact) mass is 348 g/mol. The summed E-state index contributed by atoms with van der Waals surface area (Å²) in [7, 11) is 3.51. The van der Waals surface area contributed by atoms with Gasteiger partial charge in [-0.1, -0.05) is 0 Å². The molecule has 0 saturated heterocycles. The zero-order valence-electron chi connectivity index (χ0n) is 13.7. The van der Waals surface area contributed by atoms with Crippen molar-refractivity contribution in [2.75, 3.05) is 20.6 Å². The van der Waals surface area contributed by atoms with Crippen molar-refractivity contribution in [3.63, 3.8) is 0 Å². The van der Waals surface area contributed by atoms with Gasteiger partial charge in [0.15, 0.2) is 0 Å². The Morgan fingerprint density at radius 3 is 2.92 bits per heavy atom. The van der Waals surface area contributed by atoms with Gasteiger partial charge in [-0.2, -0.15) is 5.10 Å². The summed E-state index contributed by atoms with van der Waals surface area (Å²) in [5.74, 6) is -0.205. The Morgan fingerprint density at radius 2 is 2.21 bits per heavy atom. The normalized spacial score (nSPS) is 14.0. The van der Waals surface area contributed by atoms with Crippen LogP contribution in [0.3, 0.4) is 0 Å². The zero-order chi connectivity index (χ0) is 17.1. The second kappa shape index (κ2) is 7.00. The zero-order valence-corrected chi connectivity index (χ0v) is 14.5. The van der Waals surface area contributed by atoms with Crippen molar-refractivity contribution < 1.29 is 9.59 Å². The first kappa shape index (κ1) is 16.4. The lowest BCUT2D eigenvalue weighted by Gasteiger charge is -2.23. The van der Waals surface area contributed by atoms with Gasteiger partial charge in [0.05, 0.1) is 30.0 Å². The molecule has 0 aromatic carbocycles. The average Bonchev–Trinajstić information content (AvgIpc) is 3.18. The summed E-state index contributed by atoms with van der Waals surface area (Å²) in [5, 5.41) is 9.06. The maximum atomic E-state index is 12.2. The fourth-order valence-electron chi connectivity index (χ4n) is 2.64. The van der Waals surface area contributed by atoms with Gasteiger partial charge < -0.3 is 15.1 Å². The highest BCUT2D eigenvalue weighted by molar-refractivity contribution is 7.07. The van der Waals surface area contributed by atoms with Crippen LogP contribution in [0.1, 0.15) is 28.3 Å². The number of fused-ring (bicyclic) bond motifs is 1. The summed E-state index contributed by atoms with van der Waals surface area (Å²) in [4.78, 5) is 31.5. The molecule has 0 fully saturated rings. The second-order valence-electron chi connectivity index (χ2n) is 5.86. The molecule has 8 nitrogen and oxygen atoms in total. The molecule has 2 aromatic rings. The van der Waals surface area contributed by atoms with Crippen LogP contribution in [-0.4, -0.2) is 57.1 Å². The number of aromatic nitrogens is 3. The number of rotatable bonds is 3. The Bertz CT molecular complexity index is 724. The molecule has 0 radical (unpaired) electrons. The standard InChI is InChI=1S/C15H20N6O2S/c1-19(2)15(23)20-4-3-5-21-12(8-20)6-11(18-21)7-16-14(22)13-9-24-10-17-13/h6,9-10H,3-5,7-8H2,1-2H3,(H,16,22). The molecule has 1 aliphatic heterocycles. The molecular formula is C15H20N6O2S. The summed E-state index contributed by atoms with van der Waals surface area (Å²) in [5.41, 5.74) is 3.82. The highest BCUT2D eigenvalue weighted by atomic mass is 32.1. The van der Waals surface area contributed by atoms with Gasteiger partial charge in [-0.25, -0.2) is 9.78 Å². The lowest BCUT2D eigenvalue weighted by molar-refractivity contribution is 0.0946. The van der Waals surface area contributed by atoms with Crippen LogP contribution in [0.25, 0.3) is 0 Å². The van der Waals surface area contributed by atoms with E-state index < -0.39 is 0 Å². The highest BCUT2D eigenvalue weighted by Gasteiger charge is 2.21. The first-order chi connectivity index (χ1) is 11.5. The lowest BCUT2D eigenvalue weighted by Crippen LogP contribution is -2.38. The van der Waals surface area contributed by atoms with Crippen LogP contribution in [0.2, 0.25) is 0 Å². The van der Waals surface area contributed by atoms with Crippen LogP contribution >= 0.6 is 11.3 Å². The molecule has 0 aliphatic carbocycles. The smallest absolute Gasteiger partial charge is 0.319 e. The van der Waals surface area contributed by atoms with Crippen molar-refractivity contribution in [1.29, 1.82) is 0 Å². The third-order valence-electron chi connectivity index (χ3n) is 3.81. The Kier molecular flexibility index (Phi) is 4.79. The van der Waals surface area contributed by atoms with Crippen molar-refractivity contribution >= 4 is 23.3 Å². The second-order valence-corrected chi connectivity index (χ2v) is 6.58. The number of hydrogen-bond donors (Lipinski definition) is 1. The predicted molar refractivity (Wildman–Crippen MR) is 89.6 cm³/mol. The third kappa shape index (κ3) is 3.56. The molecule has 0 unspecified atom stereocenters. The summed E-state index contributed by atoms with van der Waals surface area (Å²) >= 11 is 1.39. The van der Waals surface area contributed by atoms with E-state index in [9.17, 15) is 9.59 Å². The molecule has 0 atom stereocenters. The molecule has 2 aromatic heterocycles. The van der Waals surface area contributed by atoms with E-state index in [2.05, 4.69) is 15.4 Å². The van der Waals surface area contributed by atoms with Crippen molar-refractivity contribution in [2.24, 2.45) is 0 Å². The number of amides is 3. The van der Waals surface area contributed by atoms with Crippen LogP contribution in [0.15, 0.2) is 17.0 Å². The van der Waals surface area contributed by atoms with E-state index in [1.54, 1.807) is 29.9 Å². The molecule has 3 rings (SSSR count). The van der Waals surface area contributed by atoms with Crippen molar-refractivity contribution in [2.45, 2.75) is 26.1 Å². The third-order valence-corrected chi connectivity index (χ3v) is 4.40. The summed E-state index contributed by atoms with van der Waals surface area (Å²) < 4.78 is 1.92. The topological polar surface area (TPSA) is 83.4 Å². The Labute approximate surface area is 144 Å². The summed E-state index contributed by atoms with van der Waals surface area (Å²) in [6.45, 7) is 2.37. The number of nitrogens with zero attached hydrogens (tertiary/aromatic N) is 5. The van der Waals surface area contributed by atoms with Gasteiger partial charge >= 0.3 is 6.03 Å². The van der Waals surface area contributed by atoms with E-state index in [1.807, 2.05) is 15.6 Å². The number of carbonyl (C=O) groups excluding carboxylic acids is 2. The average molecular weight is 348 g/mol. The molecule has 1 aliphatic rings. The van der Waals surface area contributed by atoms with Gasteiger partial charge in [-0.05, 0) is 12.5 Å². The van der Waals surface area contributed by atoms with Gasteiger partial charge in [0.2, 0.25) is 0 Å². The van der Waals surface area contributed by atoms with Crippen LogP contribution < -0.4 is 5.32 Å². The Morgan fingerprint density at radius 1 is 1.38 bits per heavy atom. The molecule has 0 spiro atoms. The van der Waals surface area contributed by atoms with E-state index in [4.69, 9.17) is 0 Å². The van der Waals surface area contributed by atoms with Crippen molar-refractivity contribution in [3.05, 3.63) is 34.0 Å². The first-order valence-corrected chi connectivity index (χ1v) is 8.67. The lowest BCUT2D eigenvalue weighted by atomic mass is 10.3. The van der Waals surface area contributed by atoms with Crippen LogP contribution in [0.4, 0.5) is 4.79 Å². The number of urea groups is 1. The van der Waals surface area contributed by atoms with E-state index >= 15 is 0 Å². The molecular weight excluding hydrogens is 328 g/mol. The van der Waals surface area contributed by atoms with Crippen LogP contribution in [0.5, 0.6) is 0 Å². The number of hydrogen-bond acceptors (Lipinski definition) is 5. The maximum Gasteiger partial charge on any atom is 0.319 e. The van der Waals surface area contributed by atoms with E-state index in [-0.39, 0.29) is 11.9 Å². The Hall–Kier alpha value is -2.42. The van der Waals surface area contributed by atoms with E-state index in [1.165, 1.54) is 11.3 Å². The van der Waals surface area contributed by atoms with Crippen molar-refractivity contribution in [1.82, 2.24) is 29.9 Å². The van der Waals surface area contributed by atoms with Gasteiger partial charge in [0.1, 0.15) is 5.69 Å². The molecule has 9 heteroatoms. The first-order valence-electron chi connectivity index (χ1n) is 7.73. The van der Waals surface area contributed by atoms with E-state index in [0.717, 1.165) is 30.9 Å². The minimum atomic E-state index is -0.205. The molecule has 0 saturated carbocycles. The number of carbonyl (C=O) groups is 2. The fourth-order valence-corrected chi connectivity index (χ4v) is 3.17. The highest BCUT2D eigenvalue weighted by Crippen LogP contribution is 2.15. The van der Waals surface area contributed by atoms with Gasteiger partial charge in [0, 0.05) is 32.6 Å². The van der Waals surface area contributed by atoms with Crippen LogP contribution in [0, 0.1) is 0 Å². The SMILES string of the molecule is CN(C)C(=O)N1CCCn2nc(CNC(=O)c3cscn3)cc2C1. The quantitative estimate of drug-likeness (QED) is 0.902. The van der Waals surface area contributed by atoms with E-state index in [0.29, 0.717) is 18.8 Å². The minimum absolute atomic E-state index is 0.00281. The predicted octanol–water partition coefficient (Wildman–Crippen LogP) is 1.16. The molecule has 0 bridgehead atoms. The van der Waals surface area contributed by atoms with Gasteiger partial charge in [-0.3, -0.25) is 9.48 Å². The maximum absolute atomic E-state index is 12.2. The number of nitrogens with one attached hydrogen (secondary N) is 1. The fraction of sp³-hybridized carbons (Fsp3) is 0.467. The molecule has 128 valence electrons. The molecule has 24 heavy (non-hydrogen) atoms. The molecule has 1 N–H and O–H groups in total. The van der Waals surface area contributed by atoms with Gasteiger partial charge in [0.25, 0.3) is 5.91 Å². The van der Waals surface area contributed by atoms with Gasteiger partial charge in [-0.15, -0.1) is 11.3 Å². The van der Waals surface area contributed by atoms with Crippen LogP contribution in [-0.2, 0) is 19.6 Å². The Balaban J connectivity index is 1.65. The summed E-state index contributed by atoms with van der Waals surface area (Å²) in [6.07, 6.45) is 0.860. The van der Waals surface area contributed by atoms with Crippen molar-refractivity contribution in [3.8, 4) is 0 Å².